The van der Waals surface area contributed by atoms with E-state index >= 15 is 0 Å². The van der Waals surface area contributed by atoms with Gasteiger partial charge in [0.1, 0.15) is 6.61 Å². The number of benzene rings is 1. The zero-order valence-corrected chi connectivity index (χ0v) is 11.3. The van der Waals surface area contributed by atoms with E-state index in [9.17, 15) is 14.9 Å². The van der Waals surface area contributed by atoms with Crippen LogP contribution < -0.4 is 0 Å². The standard InChI is InChI=1S/C11H13N3O4S/c1-12-10(19-2)13(14(16)17)11(15)18-8-9-6-4-3-5-7-9/h3-7H,8H2,1-2H3. The van der Waals surface area contributed by atoms with Gasteiger partial charge in [-0.15, -0.1) is 0 Å². The third kappa shape index (κ3) is 4.25. The number of carbonyl (C=O) groups excluding carboxylic acids is 1. The van der Waals surface area contributed by atoms with Crippen LogP contribution in [0, 0.1) is 10.1 Å². The first-order valence-corrected chi connectivity index (χ1v) is 6.48. The predicted octanol–water partition coefficient (Wildman–Crippen LogP) is 2.17. The molecule has 0 aliphatic heterocycles. The molecule has 0 aliphatic carbocycles. The van der Waals surface area contributed by atoms with Crippen LogP contribution in [0.15, 0.2) is 35.3 Å². The Balaban J connectivity index is 2.71. The molecular weight excluding hydrogens is 270 g/mol. The summed E-state index contributed by atoms with van der Waals surface area (Å²) in [5.41, 5.74) is 0.748. The van der Waals surface area contributed by atoms with E-state index in [-0.39, 0.29) is 16.8 Å². The number of nitrogens with zero attached hydrogens (tertiary/aromatic N) is 3. The van der Waals surface area contributed by atoms with Crippen LogP contribution in [0.5, 0.6) is 0 Å². The summed E-state index contributed by atoms with van der Waals surface area (Å²) < 4.78 is 4.89. The molecule has 0 saturated carbocycles. The summed E-state index contributed by atoms with van der Waals surface area (Å²) in [7, 11) is 1.37. The van der Waals surface area contributed by atoms with Gasteiger partial charge in [-0.05, 0) is 11.8 Å². The van der Waals surface area contributed by atoms with Crippen molar-refractivity contribution in [1.82, 2.24) is 5.01 Å². The van der Waals surface area contributed by atoms with Gasteiger partial charge in [-0.25, -0.2) is 14.9 Å². The van der Waals surface area contributed by atoms with Crippen molar-refractivity contribution in [3.8, 4) is 0 Å². The van der Waals surface area contributed by atoms with E-state index in [0.717, 1.165) is 17.3 Å². The minimum atomic E-state index is -1.07. The van der Waals surface area contributed by atoms with Crippen molar-refractivity contribution in [2.24, 2.45) is 4.99 Å². The van der Waals surface area contributed by atoms with E-state index in [4.69, 9.17) is 4.74 Å². The van der Waals surface area contributed by atoms with Crippen molar-refractivity contribution in [3.05, 3.63) is 46.0 Å². The number of carbonyl (C=O) groups is 1. The van der Waals surface area contributed by atoms with E-state index in [1.54, 1.807) is 30.5 Å². The first-order chi connectivity index (χ1) is 9.10. The molecule has 0 spiro atoms. The van der Waals surface area contributed by atoms with Crippen LogP contribution in [-0.2, 0) is 11.3 Å². The average molecular weight is 283 g/mol. The molecule has 0 atom stereocenters. The molecule has 0 aliphatic rings. The Hall–Kier alpha value is -2.09. The molecule has 102 valence electrons. The van der Waals surface area contributed by atoms with Gasteiger partial charge < -0.3 is 4.74 Å². The molecule has 7 nitrogen and oxygen atoms in total. The molecule has 1 amide bonds. The van der Waals surface area contributed by atoms with Crippen molar-refractivity contribution in [3.63, 3.8) is 0 Å². The minimum Gasteiger partial charge on any atom is -0.441 e. The lowest BCUT2D eigenvalue weighted by molar-refractivity contribution is -0.609. The summed E-state index contributed by atoms with van der Waals surface area (Å²) in [5, 5.41) is 10.2. The molecule has 0 fully saturated rings. The number of amides is 1. The molecular formula is C11H13N3O4S. The fourth-order valence-corrected chi connectivity index (χ4v) is 1.76. The summed E-state index contributed by atoms with van der Waals surface area (Å²) in [5.74, 6) is 0. The first-order valence-electron chi connectivity index (χ1n) is 5.26. The summed E-state index contributed by atoms with van der Waals surface area (Å²) in [6.07, 6.45) is 0.521. The van der Waals surface area contributed by atoms with E-state index in [1.165, 1.54) is 7.05 Å². The number of thioether (sulfide) groups is 1. The molecule has 1 aromatic rings. The average Bonchev–Trinajstić information content (AvgIpc) is 2.42. The third-order valence-corrected chi connectivity index (χ3v) is 2.82. The molecule has 1 aromatic carbocycles. The second-order valence-corrected chi connectivity index (χ2v) is 4.07. The molecule has 0 saturated heterocycles. The van der Waals surface area contributed by atoms with Crippen LogP contribution in [-0.4, -0.2) is 34.6 Å². The zero-order valence-electron chi connectivity index (χ0n) is 10.5. The van der Waals surface area contributed by atoms with E-state index < -0.39 is 11.1 Å². The lowest BCUT2D eigenvalue weighted by Gasteiger charge is -2.12. The Bertz CT molecular complexity index is 478. The van der Waals surface area contributed by atoms with Gasteiger partial charge in [0.15, 0.2) is 5.03 Å². The highest BCUT2D eigenvalue weighted by atomic mass is 32.2. The quantitative estimate of drug-likeness (QED) is 0.367. The van der Waals surface area contributed by atoms with Crippen LogP contribution in [0.1, 0.15) is 5.56 Å². The summed E-state index contributed by atoms with van der Waals surface area (Å²) in [4.78, 5) is 26.2. The molecule has 1 rings (SSSR count). The number of nitro groups is 1. The van der Waals surface area contributed by atoms with Gasteiger partial charge >= 0.3 is 6.09 Å². The predicted molar refractivity (Wildman–Crippen MR) is 72.3 cm³/mol. The highest BCUT2D eigenvalue weighted by Crippen LogP contribution is 2.09. The van der Waals surface area contributed by atoms with Crippen molar-refractivity contribution < 1.29 is 14.6 Å². The number of aliphatic imine (C=N–C) groups is 1. The maximum Gasteiger partial charge on any atom is 0.475 e. The third-order valence-electron chi connectivity index (χ3n) is 2.10. The highest BCUT2D eigenvalue weighted by molar-refractivity contribution is 8.13. The van der Waals surface area contributed by atoms with Crippen molar-refractivity contribution in [1.29, 1.82) is 0 Å². The lowest BCUT2D eigenvalue weighted by atomic mass is 10.2. The number of hydrazine groups is 1. The fraction of sp³-hybridized carbons (Fsp3) is 0.273. The van der Waals surface area contributed by atoms with Gasteiger partial charge in [0.05, 0.1) is 0 Å². The normalized spacial score (nSPS) is 10.9. The number of ether oxygens (including phenoxy) is 1. The van der Waals surface area contributed by atoms with E-state index in [0.29, 0.717) is 0 Å². The first kappa shape index (κ1) is 15.0. The Kier molecular flexibility index (Phi) is 5.80. The van der Waals surface area contributed by atoms with E-state index in [1.807, 2.05) is 6.07 Å². The van der Waals surface area contributed by atoms with Gasteiger partial charge in [0, 0.05) is 12.1 Å². The Morgan fingerprint density at radius 1 is 1.47 bits per heavy atom. The van der Waals surface area contributed by atoms with Crippen molar-refractivity contribution >= 4 is 23.0 Å². The SMILES string of the molecule is CN=C(SC)N(C(=O)OCc1ccccc1)[N+](=O)[O-]. The van der Waals surface area contributed by atoms with Gasteiger partial charge in [0.25, 0.3) is 0 Å². The van der Waals surface area contributed by atoms with Crippen LogP contribution in [0.25, 0.3) is 0 Å². The van der Waals surface area contributed by atoms with Crippen LogP contribution in [0.3, 0.4) is 0 Å². The number of hydrogen-bond acceptors (Lipinski definition) is 6. The Labute approximate surface area is 114 Å². The molecule has 0 heterocycles. The summed E-state index contributed by atoms with van der Waals surface area (Å²) in [6, 6.07) is 8.91. The van der Waals surface area contributed by atoms with Crippen LogP contribution in [0.4, 0.5) is 4.79 Å². The van der Waals surface area contributed by atoms with Gasteiger partial charge in [-0.2, -0.15) is 0 Å². The molecule has 0 radical (unpaired) electrons. The van der Waals surface area contributed by atoms with Crippen LogP contribution in [0.2, 0.25) is 0 Å². The fourth-order valence-electron chi connectivity index (χ4n) is 1.27. The zero-order chi connectivity index (χ0) is 14.3. The minimum absolute atomic E-state index is 0.0324. The van der Waals surface area contributed by atoms with Crippen LogP contribution >= 0.6 is 11.8 Å². The topological polar surface area (TPSA) is 85.0 Å². The van der Waals surface area contributed by atoms with Gasteiger partial charge in [-0.3, -0.25) is 4.99 Å². The molecule has 0 N–H and O–H groups in total. The molecule has 0 aromatic heterocycles. The van der Waals surface area contributed by atoms with Gasteiger partial charge in [0.2, 0.25) is 5.17 Å². The monoisotopic (exact) mass is 283 g/mol. The second kappa shape index (κ2) is 7.37. The largest absolute Gasteiger partial charge is 0.475 e. The number of amidine groups is 1. The summed E-state index contributed by atoms with van der Waals surface area (Å²) >= 11 is 0.990. The Morgan fingerprint density at radius 3 is 2.58 bits per heavy atom. The van der Waals surface area contributed by atoms with Crippen molar-refractivity contribution in [2.45, 2.75) is 6.61 Å². The number of rotatable bonds is 3. The number of hydrogen-bond donors (Lipinski definition) is 0. The van der Waals surface area contributed by atoms with Crippen molar-refractivity contribution in [2.75, 3.05) is 13.3 Å². The molecule has 0 bridgehead atoms. The molecule has 0 unspecified atom stereocenters. The molecule has 19 heavy (non-hydrogen) atoms. The van der Waals surface area contributed by atoms with Gasteiger partial charge in [-0.1, -0.05) is 42.1 Å². The maximum absolute atomic E-state index is 11.7. The highest BCUT2D eigenvalue weighted by Gasteiger charge is 2.31. The molecule has 8 heteroatoms. The smallest absolute Gasteiger partial charge is 0.441 e. The lowest BCUT2D eigenvalue weighted by Crippen LogP contribution is -2.40. The maximum atomic E-state index is 11.7. The van der Waals surface area contributed by atoms with E-state index in [2.05, 4.69) is 4.99 Å². The Morgan fingerprint density at radius 2 is 2.11 bits per heavy atom. The summed E-state index contributed by atoms with van der Waals surface area (Å²) in [6.45, 7) is -0.0324. The second-order valence-electron chi connectivity index (χ2n) is 3.30.